The number of imidazole rings is 1. The molecule has 126 valence electrons. The van der Waals surface area contributed by atoms with Crippen molar-refractivity contribution in [2.24, 2.45) is 0 Å². The molecular weight excluding hydrogens is 300 g/mol. The number of aryl methyl sites for hydroxylation is 3. The van der Waals surface area contributed by atoms with Gasteiger partial charge in [-0.25, -0.2) is 4.98 Å². The van der Waals surface area contributed by atoms with Crippen LogP contribution in [0, 0.1) is 6.92 Å². The van der Waals surface area contributed by atoms with Crippen molar-refractivity contribution in [2.75, 3.05) is 14.1 Å². The second-order valence-corrected chi connectivity index (χ2v) is 6.33. The minimum Gasteiger partial charge on any atom is -0.329 e. The Bertz CT molecular complexity index is 801. The normalized spacial score (nSPS) is 12.7. The summed E-state index contributed by atoms with van der Waals surface area (Å²) < 4.78 is 4.03. The molecule has 6 heteroatoms. The van der Waals surface area contributed by atoms with Gasteiger partial charge in [-0.15, -0.1) is 5.10 Å². The van der Waals surface area contributed by atoms with Gasteiger partial charge in [0, 0.05) is 36.7 Å². The zero-order chi connectivity index (χ0) is 17.1. The highest BCUT2D eigenvalue weighted by atomic mass is 15.4. The fraction of sp³-hybridized carbons (Fsp3) is 0.389. The fourth-order valence-corrected chi connectivity index (χ4v) is 2.70. The molecule has 0 aliphatic heterocycles. The molecule has 0 aliphatic rings. The van der Waals surface area contributed by atoms with Crippen molar-refractivity contribution in [1.82, 2.24) is 29.4 Å². The SMILES string of the molecule is Cc1cn(CCn2ccnc2-c2cccc([C@H](C)N(C)C)c2)nn1. The van der Waals surface area contributed by atoms with E-state index in [1.54, 1.807) is 0 Å². The van der Waals surface area contributed by atoms with Crippen molar-refractivity contribution in [3.8, 4) is 11.4 Å². The molecule has 24 heavy (non-hydrogen) atoms. The van der Waals surface area contributed by atoms with Crippen LogP contribution in [0.4, 0.5) is 0 Å². The highest BCUT2D eigenvalue weighted by Gasteiger charge is 2.11. The number of hydrogen-bond acceptors (Lipinski definition) is 4. The molecule has 0 radical (unpaired) electrons. The van der Waals surface area contributed by atoms with Crippen LogP contribution in [0.3, 0.4) is 0 Å². The fourth-order valence-electron chi connectivity index (χ4n) is 2.70. The van der Waals surface area contributed by atoms with Gasteiger partial charge >= 0.3 is 0 Å². The molecule has 0 saturated carbocycles. The molecule has 1 aromatic carbocycles. The molecule has 0 saturated heterocycles. The van der Waals surface area contributed by atoms with Crippen molar-refractivity contribution in [1.29, 1.82) is 0 Å². The van der Waals surface area contributed by atoms with Crippen LogP contribution in [0.25, 0.3) is 11.4 Å². The van der Waals surface area contributed by atoms with Crippen molar-refractivity contribution in [3.63, 3.8) is 0 Å². The topological polar surface area (TPSA) is 51.8 Å². The Morgan fingerprint density at radius 3 is 2.75 bits per heavy atom. The average molecular weight is 324 g/mol. The number of rotatable bonds is 6. The Labute approximate surface area is 142 Å². The lowest BCUT2D eigenvalue weighted by molar-refractivity contribution is 0.321. The van der Waals surface area contributed by atoms with Crippen LogP contribution in [0.1, 0.15) is 24.2 Å². The maximum absolute atomic E-state index is 4.55. The van der Waals surface area contributed by atoms with Gasteiger partial charge in [0.25, 0.3) is 0 Å². The van der Waals surface area contributed by atoms with E-state index in [1.165, 1.54) is 5.56 Å². The van der Waals surface area contributed by atoms with Gasteiger partial charge in [-0.2, -0.15) is 0 Å². The molecule has 0 unspecified atom stereocenters. The molecule has 1 atom stereocenters. The first-order chi connectivity index (χ1) is 11.5. The third-order valence-electron chi connectivity index (χ3n) is 4.34. The maximum atomic E-state index is 4.55. The standard InChI is InChI=1S/C18H24N6/c1-14-13-24(21-20-14)11-10-23-9-8-19-18(23)17-7-5-6-16(12-17)15(2)22(3)4/h5-9,12-13,15H,10-11H2,1-4H3/t15-/m0/s1. The molecule has 3 rings (SSSR count). The molecule has 3 aromatic rings. The Balaban J connectivity index is 1.80. The van der Waals surface area contributed by atoms with E-state index in [1.807, 2.05) is 30.2 Å². The lowest BCUT2D eigenvalue weighted by Crippen LogP contribution is -2.16. The smallest absolute Gasteiger partial charge is 0.139 e. The average Bonchev–Trinajstić information content (AvgIpc) is 3.20. The quantitative estimate of drug-likeness (QED) is 0.699. The van der Waals surface area contributed by atoms with Gasteiger partial charge in [0.2, 0.25) is 0 Å². The first-order valence-corrected chi connectivity index (χ1v) is 8.19. The minimum absolute atomic E-state index is 0.367. The predicted octanol–water partition coefficient (Wildman–Crippen LogP) is 2.77. The van der Waals surface area contributed by atoms with Crippen molar-refractivity contribution in [3.05, 3.63) is 54.1 Å². The van der Waals surface area contributed by atoms with Crippen LogP contribution in [-0.4, -0.2) is 43.5 Å². The van der Waals surface area contributed by atoms with Crippen LogP contribution in [0.2, 0.25) is 0 Å². The van der Waals surface area contributed by atoms with E-state index >= 15 is 0 Å². The lowest BCUT2D eigenvalue weighted by atomic mass is 10.0. The first kappa shape index (κ1) is 16.4. The van der Waals surface area contributed by atoms with E-state index in [0.717, 1.165) is 30.2 Å². The Morgan fingerprint density at radius 1 is 1.21 bits per heavy atom. The Morgan fingerprint density at radius 2 is 2.04 bits per heavy atom. The highest BCUT2D eigenvalue weighted by molar-refractivity contribution is 5.57. The van der Waals surface area contributed by atoms with Gasteiger partial charge in [-0.3, -0.25) is 4.68 Å². The molecule has 0 N–H and O–H groups in total. The zero-order valence-corrected chi connectivity index (χ0v) is 14.7. The number of benzene rings is 1. The van der Waals surface area contributed by atoms with Crippen LogP contribution in [0.5, 0.6) is 0 Å². The molecule has 0 fully saturated rings. The maximum Gasteiger partial charge on any atom is 0.139 e. The number of nitrogens with zero attached hydrogens (tertiary/aromatic N) is 6. The molecule has 2 aromatic heterocycles. The van der Waals surface area contributed by atoms with E-state index in [2.05, 4.69) is 70.0 Å². The summed E-state index contributed by atoms with van der Waals surface area (Å²) in [5, 5.41) is 8.13. The summed E-state index contributed by atoms with van der Waals surface area (Å²) in [6.45, 7) is 5.74. The largest absolute Gasteiger partial charge is 0.329 e. The predicted molar refractivity (Wildman–Crippen MR) is 94.5 cm³/mol. The van der Waals surface area contributed by atoms with Crippen LogP contribution >= 0.6 is 0 Å². The summed E-state index contributed by atoms with van der Waals surface area (Å²) in [7, 11) is 4.19. The van der Waals surface area contributed by atoms with Gasteiger partial charge in [0.15, 0.2) is 0 Å². The van der Waals surface area contributed by atoms with E-state index in [-0.39, 0.29) is 0 Å². The Hall–Kier alpha value is -2.47. The first-order valence-electron chi connectivity index (χ1n) is 8.19. The van der Waals surface area contributed by atoms with E-state index in [9.17, 15) is 0 Å². The monoisotopic (exact) mass is 324 g/mol. The summed E-state index contributed by atoms with van der Waals surface area (Å²) in [6.07, 6.45) is 5.82. The number of aromatic nitrogens is 5. The minimum atomic E-state index is 0.367. The summed E-state index contributed by atoms with van der Waals surface area (Å²) in [6, 6.07) is 8.98. The summed E-state index contributed by atoms with van der Waals surface area (Å²) >= 11 is 0. The van der Waals surface area contributed by atoms with Crippen molar-refractivity contribution < 1.29 is 0 Å². The van der Waals surface area contributed by atoms with Gasteiger partial charge in [-0.05, 0) is 39.6 Å². The Kier molecular flexibility index (Phi) is 4.76. The number of hydrogen-bond donors (Lipinski definition) is 0. The van der Waals surface area contributed by atoms with Gasteiger partial charge in [0.05, 0.1) is 12.2 Å². The van der Waals surface area contributed by atoms with Crippen LogP contribution in [-0.2, 0) is 13.1 Å². The van der Waals surface area contributed by atoms with Gasteiger partial charge in [-0.1, -0.05) is 23.4 Å². The van der Waals surface area contributed by atoms with E-state index in [4.69, 9.17) is 0 Å². The molecule has 0 spiro atoms. The lowest BCUT2D eigenvalue weighted by Gasteiger charge is -2.20. The molecule has 6 nitrogen and oxygen atoms in total. The van der Waals surface area contributed by atoms with E-state index in [0.29, 0.717) is 6.04 Å². The van der Waals surface area contributed by atoms with Gasteiger partial charge < -0.3 is 9.47 Å². The summed E-state index contributed by atoms with van der Waals surface area (Å²) in [4.78, 5) is 6.76. The molecule has 0 aliphatic carbocycles. The second-order valence-electron chi connectivity index (χ2n) is 6.33. The van der Waals surface area contributed by atoms with Crippen molar-refractivity contribution >= 4 is 0 Å². The van der Waals surface area contributed by atoms with Crippen LogP contribution in [0.15, 0.2) is 42.9 Å². The summed E-state index contributed by atoms with van der Waals surface area (Å²) in [5.74, 6) is 0.986. The highest BCUT2D eigenvalue weighted by Crippen LogP contribution is 2.24. The molecule has 2 heterocycles. The van der Waals surface area contributed by atoms with Crippen LogP contribution < -0.4 is 0 Å². The summed E-state index contributed by atoms with van der Waals surface area (Å²) in [5.41, 5.74) is 3.37. The zero-order valence-electron chi connectivity index (χ0n) is 14.7. The third kappa shape index (κ3) is 3.54. The molecule has 0 bridgehead atoms. The van der Waals surface area contributed by atoms with Crippen molar-refractivity contribution in [2.45, 2.75) is 33.0 Å². The van der Waals surface area contributed by atoms with Gasteiger partial charge in [0.1, 0.15) is 5.82 Å². The van der Waals surface area contributed by atoms with E-state index < -0.39 is 0 Å². The molecular formula is C18H24N6. The second kappa shape index (κ2) is 6.97. The third-order valence-corrected chi connectivity index (χ3v) is 4.34. The molecule has 0 amide bonds.